The first-order valence-electron chi connectivity index (χ1n) is 6.14. The van der Waals surface area contributed by atoms with Gasteiger partial charge in [-0.05, 0) is 24.5 Å². The van der Waals surface area contributed by atoms with E-state index < -0.39 is 0 Å². The predicted octanol–water partition coefficient (Wildman–Crippen LogP) is 2.54. The number of carbonyl (C=O) groups excluding carboxylic acids is 1. The minimum Gasteiger partial charge on any atom is -0.327 e. The molecule has 2 rings (SSSR count). The fourth-order valence-corrected chi connectivity index (χ4v) is 2.29. The van der Waals surface area contributed by atoms with Gasteiger partial charge in [0.1, 0.15) is 0 Å². The Kier molecular flexibility index (Phi) is 4.09. The number of nitrogens with one attached hydrogen (secondary N) is 1. The maximum absolute atomic E-state index is 12.1. The first kappa shape index (κ1) is 13.2. The number of urea groups is 1. The molecule has 0 aromatic heterocycles. The summed E-state index contributed by atoms with van der Waals surface area (Å²) in [7, 11) is 0. The number of carbonyl (C=O) groups is 1. The Morgan fingerprint density at radius 1 is 1.50 bits per heavy atom. The molecule has 2 unspecified atom stereocenters. The zero-order valence-electron chi connectivity index (χ0n) is 10.4. The average Bonchev–Trinajstić information content (AvgIpc) is 2.35. The van der Waals surface area contributed by atoms with Crippen molar-refractivity contribution in [2.75, 3.05) is 18.4 Å². The number of likely N-dealkylation sites (tertiary alicyclic amines) is 1. The number of nitrogens with zero attached hydrogens (tertiary/aromatic N) is 1. The summed E-state index contributed by atoms with van der Waals surface area (Å²) in [6, 6.07) is 7.30. The van der Waals surface area contributed by atoms with Gasteiger partial charge in [0.15, 0.2) is 0 Å². The van der Waals surface area contributed by atoms with Crippen LogP contribution in [0.15, 0.2) is 24.3 Å². The predicted molar refractivity (Wildman–Crippen MR) is 73.8 cm³/mol. The number of hydrogen-bond donors (Lipinski definition) is 2. The van der Waals surface area contributed by atoms with Gasteiger partial charge in [0, 0.05) is 19.1 Å². The van der Waals surface area contributed by atoms with Gasteiger partial charge in [-0.1, -0.05) is 30.7 Å². The van der Waals surface area contributed by atoms with Crippen LogP contribution in [-0.4, -0.2) is 30.1 Å². The quantitative estimate of drug-likeness (QED) is 0.822. The minimum atomic E-state index is -0.109. The molecule has 0 spiro atoms. The van der Waals surface area contributed by atoms with Crippen LogP contribution in [0.25, 0.3) is 0 Å². The van der Waals surface area contributed by atoms with Gasteiger partial charge in [-0.2, -0.15) is 0 Å². The number of piperidine rings is 1. The highest BCUT2D eigenvalue weighted by molar-refractivity contribution is 6.33. The third-order valence-electron chi connectivity index (χ3n) is 3.37. The number of halogens is 1. The van der Waals surface area contributed by atoms with Crippen molar-refractivity contribution in [3.63, 3.8) is 0 Å². The van der Waals surface area contributed by atoms with E-state index in [1.165, 1.54) is 0 Å². The molecule has 1 fully saturated rings. The van der Waals surface area contributed by atoms with Crippen molar-refractivity contribution in [2.24, 2.45) is 11.7 Å². The fraction of sp³-hybridized carbons (Fsp3) is 0.462. The van der Waals surface area contributed by atoms with E-state index >= 15 is 0 Å². The van der Waals surface area contributed by atoms with Gasteiger partial charge in [0.05, 0.1) is 10.7 Å². The van der Waals surface area contributed by atoms with E-state index in [1.54, 1.807) is 17.0 Å². The molecule has 1 heterocycles. The molecule has 0 saturated carbocycles. The van der Waals surface area contributed by atoms with Crippen LogP contribution in [0.1, 0.15) is 13.3 Å². The fourth-order valence-electron chi connectivity index (χ4n) is 2.11. The summed E-state index contributed by atoms with van der Waals surface area (Å²) in [6.07, 6.45) is 0.844. The normalized spacial score (nSPS) is 23.8. The molecule has 3 N–H and O–H groups in total. The molecule has 1 saturated heterocycles. The van der Waals surface area contributed by atoms with Crippen LogP contribution in [0.2, 0.25) is 5.02 Å². The highest BCUT2D eigenvalue weighted by atomic mass is 35.5. The first-order valence-corrected chi connectivity index (χ1v) is 6.51. The number of nitrogens with two attached hydrogens (primary N) is 1. The van der Waals surface area contributed by atoms with E-state index in [0.29, 0.717) is 29.7 Å². The zero-order valence-corrected chi connectivity index (χ0v) is 11.2. The van der Waals surface area contributed by atoms with E-state index in [0.717, 1.165) is 6.42 Å². The maximum Gasteiger partial charge on any atom is 0.321 e. The highest BCUT2D eigenvalue weighted by Gasteiger charge is 2.26. The van der Waals surface area contributed by atoms with Gasteiger partial charge in [0.2, 0.25) is 0 Å². The lowest BCUT2D eigenvalue weighted by molar-refractivity contribution is 0.172. The molecule has 0 aliphatic carbocycles. The smallest absolute Gasteiger partial charge is 0.321 e. The van der Waals surface area contributed by atoms with Gasteiger partial charge in [0.25, 0.3) is 0 Å². The third-order valence-corrected chi connectivity index (χ3v) is 3.70. The van der Waals surface area contributed by atoms with Crippen molar-refractivity contribution in [3.05, 3.63) is 29.3 Å². The monoisotopic (exact) mass is 267 g/mol. The second-order valence-corrected chi connectivity index (χ2v) is 5.19. The molecule has 1 aliphatic rings. The zero-order chi connectivity index (χ0) is 13.1. The Bertz CT molecular complexity index is 438. The molecule has 2 amide bonds. The number of rotatable bonds is 1. The SMILES string of the molecule is CC1CN(C(=O)Nc2ccccc2Cl)CCC1N. The summed E-state index contributed by atoms with van der Waals surface area (Å²) in [5, 5.41) is 3.38. The molecule has 1 aromatic rings. The Hall–Kier alpha value is -1.26. The summed E-state index contributed by atoms with van der Waals surface area (Å²) < 4.78 is 0. The van der Waals surface area contributed by atoms with Crippen molar-refractivity contribution in [2.45, 2.75) is 19.4 Å². The highest BCUT2D eigenvalue weighted by Crippen LogP contribution is 2.22. The van der Waals surface area contributed by atoms with Crippen LogP contribution >= 0.6 is 11.6 Å². The maximum atomic E-state index is 12.1. The Morgan fingerprint density at radius 2 is 2.22 bits per heavy atom. The van der Waals surface area contributed by atoms with E-state index in [1.807, 2.05) is 12.1 Å². The van der Waals surface area contributed by atoms with Crippen molar-refractivity contribution >= 4 is 23.3 Å². The van der Waals surface area contributed by atoms with Crippen LogP contribution in [0.4, 0.5) is 10.5 Å². The molecule has 1 aliphatic heterocycles. The van der Waals surface area contributed by atoms with Crippen LogP contribution < -0.4 is 11.1 Å². The lowest BCUT2D eigenvalue weighted by Crippen LogP contribution is -2.49. The molecule has 0 bridgehead atoms. The van der Waals surface area contributed by atoms with Gasteiger partial charge < -0.3 is 16.0 Å². The average molecular weight is 268 g/mol. The summed E-state index contributed by atoms with van der Waals surface area (Å²) in [5.41, 5.74) is 6.58. The van der Waals surface area contributed by atoms with Gasteiger partial charge >= 0.3 is 6.03 Å². The first-order chi connectivity index (χ1) is 8.58. The number of anilines is 1. The van der Waals surface area contributed by atoms with E-state index in [-0.39, 0.29) is 12.1 Å². The van der Waals surface area contributed by atoms with Crippen LogP contribution in [0.3, 0.4) is 0 Å². The topological polar surface area (TPSA) is 58.4 Å². The minimum absolute atomic E-state index is 0.109. The molecule has 4 nitrogen and oxygen atoms in total. The molecule has 1 aromatic carbocycles. The number of amides is 2. The number of para-hydroxylation sites is 1. The molecular weight excluding hydrogens is 250 g/mol. The van der Waals surface area contributed by atoms with E-state index in [2.05, 4.69) is 12.2 Å². The Labute approximate surface area is 112 Å². The van der Waals surface area contributed by atoms with Crippen LogP contribution in [-0.2, 0) is 0 Å². The van der Waals surface area contributed by atoms with Crippen LogP contribution in [0.5, 0.6) is 0 Å². The van der Waals surface area contributed by atoms with Gasteiger partial charge in [-0.3, -0.25) is 0 Å². The third kappa shape index (κ3) is 2.94. The van der Waals surface area contributed by atoms with Gasteiger partial charge in [-0.25, -0.2) is 4.79 Å². The molecule has 0 radical (unpaired) electrons. The largest absolute Gasteiger partial charge is 0.327 e. The molecular formula is C13H18ClN3O. The van der Waals surface area contributed by atoms with Crippen molar-refractivity contribution in [3.8, 4) is 0 Å². The summed E-state index contributed by atoms with van der Waals surface area (Å²) in [4.78, 5) is 13.9. The van der Waals surface area contributed by atoms with Crippen molar-refractivity contribution in [1.29, 1.82) is 0 Å². The number of benzene rings is 1. The number of hydrogen-bond acceptors (Lipinski definition) is 2. The van der Waals surface area contributed by atoms with E-state index in [9.17, 15) is 4.79 Å². The Balaban J connectivity index is 1.99. The second kappa shape index (κ2) is 5.59. The Morgan fingerprint density at radius 3 is 2.89 bits per heavy atom. The summed E-state index contributed by atoms with van der Waals surface area (Å²) >= 11 is 6.01. The molecule has 98 valence electrons. The standard InChI is InChI=1S/C13H18ClN3O/c1-9-8-17(7-6-11(9)15)13(18)16-12-5-3-2-4-10(12)14/h2-5,9,11H,6-8,15H2,1H3,(H,16,18). The lowest BCUT2D eigenvalue weighted by atomic mass is 9.95. The second-order valence-electron chi connectivity index (χ2n) is 4.79. The molecule has 18 heavy (non-hydrogen) atoms. The van der Waals surface area contributed by atoms with Crippen molar-refractivity contribution in [1.82, 2.24) is 4.90 Å². The van der Waals surface area contributed by atoms with Crippen molar-refractivity contribution < 1.29 is 4.79 Å². The lowest BCUT2D eigenvalue weighted by Gasteiger charge is -2.35. The van der Waals surface area contributed by atoms with E-state index in [4.69, 9.17) is 17.3 Å². The van der Waals surface area contributed by atoms with Crippen LogP contribution in [0, 0.1) is 5.92 Å². The summed E-state index contributed by atoms with van der Waals surface area (Å²) in [5.74, 6) is 0.329. The van der Waals surface area contributed by atoms with Gasteiger partial charge in [-0.15, -0.1) is 0 Å². The summed E-state index contributed by atoms with van der Waals surface area (Å²) in [6.45, 7) is 3.46. The molecule has 2 atom stereocenters. The molecule has 5 heteroatoms.